The Morgan fingerprint density at radius 2 is 2.16 bits per heavy atom. The van der Waals surface area contributed by atoms with Gasteiger partial charge >= 0.3 is 0 Å². The van der Waals surface area contributed by atoms with E-state index in [0.717, 1.165) is 4.68 Å². The third kappa shape index (κ3) is 3.08. The predicted octanol–water partition coefficient (Wildman–Crippen LogP) is -0.284. The first-order valence-electron chi connectivity index (χ1n) is 6.83. The molecule has 0 saturated carbocycles. The minimum absolute atomic E-state index is 0.0261. The maximum Gasteiger partial charge on any atom is 0.292 e. The van der Waals surface area contributed by atoms with Crippen LogP contribution in [0.1, 0.15) is 21.7 Å². The molecule has 2 aromatic heterocycles. The number of hydrogen-bond donors (Lipinski definition) is 4. The number of hydrazone groups is 1. The Hall–Kier alpha value is -3.96. The maximum atomic E-state index is 12.3. The summed E-state index contributed by atoms with van der Waals surface area (Å²) in [6, 6.07) is 4.08. The molecule has 128 valence electrons. The van der Waals surface area contributed by atoms with Gasteiger partial charge in [0.2, 0.25) is 11.6 Å². The normalized spacial score (nSPS) is 11.1. The lowest BCUT2D eigenvalue weighted by Gasteiger charge is -2.02. The van der Waals surface area contributed by atoms with E-state index < -0.39 is 5.91 Å². The van der Waals surface area contributed by atoms with Crippen molar-refractivity contribution >= 4 is 17.9 Å². The minimum atomic E-state index is -0.621. The van der Waals surface area contributed by atoms with Crippen LogP contribution in [0.25, 0.3) is 5.82 Å². The molecule has 3 aromatic rings. The summed E-state index contributed by atoms with van der Waals surface area (Å²) in [5.74, 6) is -1.21. The Balaban J connectivity index is 1.80. The van der Waals surface area contributed by atoms with Gasteiger partial charge in [0.05, 0.1) is 11.9 Å². The number of anilines is 1. The largest absolute Gasteiger partial charge is 0.504 e. The van der Waals surface area contributed by atoms with Crippen molar-refractivity contribution in [1.29, 1.82) is 0 Å². The Bertz CT molecular complexity index is 961. The molecular weight excluding hydrogens is 332 g/mol. The van der Waals surface area contributed by atoms with Gasteiger partial charge in [0.1, 0.15) is 0 Å². The van der Waals surface area contributed by atoms with E-state index >= 15 is 0 Å². The molecule has 3 rings (SSSR count). The van der Waals surface area contributed by atoms with Crippen LogP contribution in [0.4, 0.5) is 5.82 Å². The highest BCUT2D eigenvalue weighted by molar-refractivity contribution is 5.94. The molecule has 0 aliphatic carbocycles. The standard InChI is InChI=1S/C13H12N8O4/c1-6-10(21(20-16-6)12-11(14)18-25-19-12)13(24)17-15-5-7-2-3-8(22)9(23)4-7/h2-5,22-23H,1H3,(H2,14,18)(H,17,24). The predicted molar refractivity (Wildman–Crippen MR) is 83.2 cm³/mol. The van der Waals surface area contributed by atoms with E-state index in [1.807, 2.05) is 0 Å². The van der Waals surface area contributed by atoms with Crippen LogP contribution in [0.15, 0.2) is 27.9 Å². The topological polar surface area (TPSA) is 178 Å². The fourth-order valence-electron chi connectivity index (χ4n) is 1.94. The highest BCUT2D eigenvalue weighted by Crippen LogP contribution is 2.24. The number of nitrogen functional groups attached to an aromatic ring is 1. The fourth-order valence-corrected chi connectivity index (χ4v) is 1.94. The number of hydrogen-bond acceptors (Lipinski definition) is 10. The number of carbonyl (C=O) groups excluding carboxylic acids is 1. The zero-order valence-corrected chi connectivity index (χ0v) is 12.8. The average molecular weight is 344 g/mol. The van der Waals surface area contributed by atoms with E-state index in [4.69, 9.17) is 5.73 Å². The van der Waals surface area contributed by atoms with E-state index in [1.165, 1.54) is 24.4 Å². The molecule has 2 heterocycles. The summed E-state index contributed by atoms with van der Waals surface area (Å²) in [4.78, 5) is 12.3. The van der Waals surface area contributed by atoms with Crippen molar-refractivity contribution in [1.82, 2.24) is 30.7 Å². The lowest BCUT2D eigenvalue weighted by molar-refractivity contribution is 0.0946. The summed E-state index contributed by atoms with van der Waals surface area (Å²) in [6.07, 6.45) is 1.28. The number of aryl methyl sites for hydroxylation is 1. The van der Waals surface area contributed by atoms with Crippen molar-refractivity contribution in [2.75, 3.05) is 5.73 Å². The maximum absolute atomic E-state index is 12.3. The summed E-state index contributed by atoms with van der Waals surface area (Å²) in [5.41, 5.74) is 8.72. The molecule has 0 aliphatic rings. The first kappa shape index (κ1) is 15.9. The van der Waals surface area contributed by atoms with E-state index in [0.29, 0.717) is 11.3 Å². The number of nitrogens with zero attached hydrogens (tertiary/aromatic N) is 6. The third-order valence-corrected chi connectivity index (χ3v) is 3.13. The fraction of sp³-hybridized carbons (Fsp3) is 0.0769. The molecule has 0 bridgehead atoms. The number of nitrogens with two attached hydrogens (primary N) is 1. The van der Waals surface area contributed by atoms with Crippen LogP contribution < -0.4 is 11.2 Å². The van der Waals surface area contributed by atoms with Gasteiger partial charge in [-0.1, -0.05) is 5.21 Å². The molecule has 0 spiro atoms. The van der Waals surface area contributed by atoms with Crippen molar-refractivity contribution < 1.29 is 19.6 Å². The van der Waals surface area contributed by atoms with Crippen LogP contribution in [-0.4, -0.2) is 47.6 Å². The summed E-state index contributed by atoms with van der Waals surface area (Å²) in [7, 11) is 0. The van der Waals surface area contributed by atoms with E-state index in [-0.39, 0.29) is 28.8 Å². The zero-order valence-electron chi connectivity index (χ0n) is 12.8. The molecular formula is C13H12N8O4. The van der Waals surface area contributed by atoms with Crippen LogP contribution in [0.2, 0.25) is 0 Å². The van der Waals surface area contributed by atoms with Crippen molar-refractivity contribution in [3.63, 3.8) is 0 Å². The second-order valence-electron chi connectivity index (χ2n) is 4.86. The van der Waals surface area contributed by atoms with Crippen molar-refractivity contribution in [2.24, 2.45) is 5.10 Å². The van der Waals surface area contributed by atoms with Gasteiger partial charge in [0.15, 0.2) is 17.2 Å². The Kier molecular flexibility index (Phi) is 3.99. The van der Waals surface area contributed by atoms with Crippen LogP contribution >= 0.6 is 0 Å². The highest BCUT2D eigenvalue weighted by Gasteiger charge is 2.22. The molecule has 1 amide bonds. The van der Waals surface area contributed by atoms with Crippen LogP contribution in [-0.2, 0) is 0 Å². The minimum Gasteiger partial charge on any atom is -0.504 e. The Morgan fingerprint density at radius 3 is 2.84 bits per heavy atom. The van der Waals surface area contributed by atoms with E-state index in [2.05, 4.69) is 35.8 Å². The molecule has 0 radical (unpaired) electrons. The van der Waals surface area contributed by atoms with Gasteiger partial charge < -0.3 is 15.9 Å². The summed E-state index contributed by atoms with van der Waals surface area (Å²) < 4.78 is 5.57. The van der Waals surface area contributed by atoms with Gasteiger partial charge in [-0.2, -0.15) is 9.78 Å². The van der Waals surface area contributed by atoms with Gasteiger partial charge in [-0.15, -0.1) is 5.10 Å². The molecule has 12 heteroatoms. The first-order valence-corrected chi connectivity index (χ1v) is 6.83. The number of aromatic hydroxyl groups is 2. The summed E-state index contributed by atoms with van der Waals surface area (Å²) >= 11 is 0. The molecule has 0 aliphatic heterocycles. The monoisotopic (exact) mass is 344 g/mol. The summed E-state index contributed by atoms with van der Waals surface area (Å²) in [6.45, 7) is 1.57. The number of rotatable bonds is 4. The first-order chi connectivity index (χ1) is 12.0. The van der Waals surface area contributed by atoms with Gasteiger partial charge in [-0.25, -0.2) is 10.1 Å². The molecule has 0 fully saturated rings. The smallest absolute Gasteiger partial charge is 0.292 e. The number of nitrogens with one attached hydrogen (secondary N) is 1. The zero-order chi connectivity index (χ0) is 18.0. The van der Waals surface area contributed by atoms with E-state index in [9.17, 15) is 15.0 Å². The Labute approximate surface area is 139 Å². The average Bonchev–Trinajstić information content (AvgIpc) is 3.16. The van der Waals surface area contributed by atoms with Crippen molar-refractivity contribution in [3.05, 3.63) is 35.2 Å². The molecule has 5 N–H and O–H groups in total. The lowest BCUT2D eigenvalue weighted by atomic mass is 10.2. The number of carbonyl (C=O) groups is 1. The van der Waals surface area contributed by atoms with Crippen LogP contribution in [0, 0.1) is 6.92 Å². The van der Waals surface area contributed by atoms with Crippen molar-refractivity contribution in [2.45, 2.75) is 6.92 Å². The lowest BCUT2D eigenvalue weighted by Crippen LogP contribution is -2.22. The molecule has 1 aromatic carbocycles. The van der Waals surface area contributed by atoms with Crippen LogP contribution in [0.5, 0.6) is 11.5 Å². The number of amides is 1. The molecule has 12 nitrogen and oxygen atoms in total. The van der Waals surface area contributed by atoms with Gasteiger partial charge in [0.25, 0.3) is 5.91 Å². The molecule has 25 heavy (non-hydrogen) atoms. The van der Waals surface area contributed by atoms with Gasteiger partial charge in [0, 0.05) is 0 Å². The number of phenolic OH excluding ortho intramolecular Hbond substituents is 2. The number of phenols is 2. The second-order valence-corrected chi connectivity index (χ2v) is 4.86. The SMILES string of the molecule is Cc1nnn(-c2nonc2N)c1C(=O)NN=Cc1ccc(O)c(O)c1. The third-order valence-electron chi connectivity index (χ3n) is 3.13. The number of benzene rings is 1. The second kappa shape index (κ2) is 6.27. The van der Waals surface area contributed by atoms with Gasteiger partial charge in [-0.3, -0.25) is 4.79 Å². The highest BCUT2D eigenvalue weighted by atomic mass is 16.6. The summed E-state index contributed by atoms with van der Waals surface area (Å²) in [5, 5.41) is 37.0. The quantitative estimate of drug-likeness (QED) is 0.281. The van der Waals surface area contributed by atoms with E-state index in [1.54, 1.807) is 6.92 Å². The number of aromatic nitrogens is 5. The molecule has 0 saturated heterocycles. The van der Waals surface area contributed by atoms with Gasteiger partial charge in [-0.05, 0) is 41.0 Å². The molecule has 0 atom stereocenters. The van der Waals surface area contributed by atoms with Crippen molar-refractivity contribution in [3.8, 4) is 17.3 Å². The molecule has 0 unspecified atom stereocenters. The Morgan fingerprint density at radius 1 is 1.36 bits per heavy atom. The van der Waals surface area contributed by atoms with Crippen LogP contribution in [0.3, 0.4) is 0 Å².